The highest BCUT2D eigenvalue weighted by atomic mass is 35.5. The number of aromatic amines is 2. The number of H-pyrrole nitrogens is 2. The third-order valence-corrected chi connectivity index (χ3v) is 4.55. The van der Waals surface area contributed by atoms with E-state index in [-0.39, 0.29) is 16.3 Å². The number of amides is 1. The minimum atomic E-state index is -1.07. The highest BCUT2D eigenvalue weighted by Gasteiger charge is 2.23. The lowest BCUT2D eigenvalue weighted by Crippen LogP contribution is -2.30. The SMILES string of the molecule is C[C@H](OC(=O)c1cc(Cl)c2c(c1)OCCO2)C(=O)Nc1ccc2[nH]c(=O)[nH]c2c1. The monoisotopic (exact) mass is 417 g/mol. The summed E-state index contributed by atoms with van der Waals surface area (Å²) in [6, 6.07) is 7.73. The molecule has 1 aliphatic rings. The summed E-state index contributed by atoms with van der Waals surface area (Å²) in [6.45, 7) is 2.16. The van der Waals surface area contributed by atoms with Crippen LogP contribution < -0.4 is 20.5 Å². The first-order valence-corrected chi connectivity index (χ1v) is 9.11. The summed E-state index contributed by atoms with van der Waals surface area (Å²) in [5.74, 6) is -0.531. The molecule has 0 radical (unpaired) electrons. The van der Waals surface area contributed by atoms with Crippen molar-refractivity contribution in [3.05, 3.63) is 51.4 Å². The molecule has 1 atom stereocenters. The molecule has 150 valence electrons. The third-order valence-electron chi connectivity index (χ3n) is 4.27. The van der Waals surface area contributed by atoms with Crippen LogP contribution in [0.1, 0.15) is 17.3 Å². The van der Waals surface area contributed by atoms with Crippen molar-refractivity contribution in [1.82, 2.24) is 9.97 Å². The van der Waals surface area contributed by atoms with Gasteiger partial charge in [0.05, 0.1) is 21.6 Å². The Morgan fingerprint density at radius 1 is 1.14 bits per heavy atom. The number of carbonyl (C=O) groups is 2. The second-order valence-electron chi connectivity index (χ2n) is 6.36. The fourth-order valence-corrected chi connectivity index (χ4v) is 3.13. The van der Waals surface area contributed by atoms with Crippen LogP contribution in [0.5, 0.6) is 11.5 Å². The van der Waals surface area contributed by atoms with Crippen molar-refractivity contribution >= 4 is 40.2 Å². The van der Waals surface area contributed by atoms with Crippen LogP contribution in [0, 0.1) is 0 Å². The molecule has 29 heavy (non-hydrogen) atoms. The zero-order valence-electron chi connectivity index (χ0n) is 15.2. The summed E-state index contributed by atoms with van der Waals surface area (Å²) in [5.41, 5.74) is 1.41. The van der Waals surface area contributed by atoms with Crippen molar-refractivity contribution in [3.8, 4) is 11.5 Å². The first kappa shape index (κ1) is 18.9. The standard InChI is InChI=1S/C19H16ClN3O6/c1-9(17(24)21-11-2-3-13-14(8-11)23-19(26)22-13)29-18(25)10-6-12(20)16-15(7-10)27-4-5-28-16/h2-3,6-9H,4-5H2,1H3,(H,21,24)(H2,22,23,26)/t9-/m0/s1. The Labute approximate surface area is 168 Å². The van der Waals surface area contributed by atoms with Gasteiger partial charge in [0.2, 0.25) is 0 Å². The van der Waals surface area contributed by atoms with E-state index in [1.165, 1.54) is 19.1 Å². The van der Waals surface area contributed by atoms with Crippen molar-refractivity contribution in [2.75, 3.05) is 18.5 Å². The lowest BCUT2D eigenvalue weighted by molar-refractivity contribution is -0.123. The molecule has 0 aliphatic carbocycles. The number of aromatic nitrogens is 2. The van der Waals surface area contributed by atoms with Crippen LogP contribution in [0.15, 0.2) is 35.1 Å². The number of esters is 1. The van der Waals surface area contributed by atoms with Gasteiger partial charge < -0.3 is 29.5 Å². The first-order chi connectivity index (χ1) is 13.9. The van der Waals surface area contributed by atoms with E-state index in [2.05, 4.69) is 15.3 Å². The second kappa shape index (κ2) is 7.51. The molecule has 9 nitrogen and oxygen atoms in total. The van der Waals surface area contributed by atoms with Crippen molar-refractivity contribution in [2.24, 2.45) is 0 Å². The van der Waals surface area contributed by atoms with Gasteiger partial charge in [-0.1, -0.05) is 11.6 Å². The second-order valence-corrected chi connectivity index (χ2v) is 6.77. The highest BCUT2D eigenvalue weighted by Crippen LogP contribution is 2.38. The largest absolute Gasteiger partial charge is 0.486 e. The zero-order valence-corrected chi connectivity index (χ0v) is 16.0. The van der Waals surface area contributed by atoms with Crippen molar-refractivity contribution in [1.29, 1.82) is 0 Å². The van der Waals surface area contributed by atoms with Gasteiger partial charge in [0.15, 0.2) is 17.6 Å². The Bertz CT molecular complexity index is 1170. The maximum atomic E-state index is 12.4. The van der Waals surface area contributed by atoms with Gasteiger partial charge in [-0.2, -0.15) is 0 Å². The number of benzene rings is 2. The summed E-state index contributed by atoms with van der Waals surface area (Å²) in [5, 5.41) is 2.86. The molecule has 10 heteroatoms. The third kappa shape index (κ3) is 3.90. The number of hydrogen-bond acceptors (Lipinski definition) is 6. The molecule has 1 amide bonds. The Morgan fingerprint density at radius 3 is 2.72 bits per heavy atom. The number of anilines is 1. The molecule has 0 unspecified atom stereocenters. The summed E-state index contributed by atoms with van der Waals surface area (Å²) in [4.78, 5) is 41.3. The summed E-state index contributed by atoms with van der Waals surface area (Å²) in [6.07, 6.45) is -1.07. The van der Waals surface area contributed by atoms with Crippen LogP contribution in [0.3, 0.4) is 0 Å². The Balaban J connectivity index is 1.44. The minimum absolute atomic E-state index is 0.144. The molecule has 2 heterocycles. The summed E-state index contributed by atoms with van der Waals surface area (Å²) >= 11 is 6.13. The van der Waals surface area contributed by atoms with E-state index < -0.39 is 18.0 Å². The van der Waals surface area contributed by atoms with E-state index in [0.29, 0.717) is 41.4 Å². The molecule has 1 aromatic heterocycles. The lowest BCUT2D eigenvalue weighted by Gasteiger charge is -2.20. The maximum absolute atomic E-state index is 12.4. The Hall–Kier alpha value is -3.46. The van der Waals surface area contributed by atoms with Crippen LogP contribution in [-0.2, 0) is 9.53 Å². The van der Waals surface area contributed by atoms with Gasteiger partial charge >= 0.3 is 11.7 Å². The fourth-order valence-electron chi connectivity index (χ4n) is 2.87. The van der Waals surface area contributed by atoms with Crippen molar-refractivity contribution in [2.45, 2.75) is 13.0 Å². The molecule has 4 rings (SSSR count). The minimum Gasteiger partial charge on any atom is -0.486 e. The first-order valence-electron chi connectivity index (χ1n) is 8.74. The van der Waals surface area contributed by atoms with Gasteiger partial charge in [-0.15, -0.1) is 0 Å². The molecule has 3 N–H and O–H groups in total. The van der Waals surface area contributed by atoms with Gasteiger partial charge in [-0.05, 0) is 37.3 Å². The Morgan fingerprint density at radius 2 is 1.90 bits per heavy atom. The number of imidazole rings is 1. The van der Waals surface area contributed by atoms with Crippen LogP contribution in [0.25, 0.3) is 11.0 Å². The number of fused-ring (bicyclic) bond motifs is 2. The van der Waals surface area contributed by atoms with E-state index in [9.17, 15) is 14.4 Å². The zero-order chi connectivity index (χ0) is 20.5. The van der Waals surface area contributed by atoms with Gasteiger partial charge in [0, 0.05) is 5.69 Å². The van der Waals surface area contributed by atoms with Gasteiger partial charge in [-0.3, -0.25) is 4.79 Å². The van der Waals surface area contributed by atoms with Crippen LogP contribution in [-0.4, -0.2) is 41.2 Å². The smallest absolute Gasteiger partial charge is 0.339 e. The molecule has 0 bridgehead atoms. The average Bonchev–Trinajstić information content (AvgIpc) is 3.07. The highest BCUT2D eigenvalue weighted by molar-refractivity contribution is 6.32. The predicted octanol–water partition coefficient (Wildman–Crippen LogP) is 2.46. The fraction of sp³-hybridized carbons (Fsp3) is 0.211. The molecule has 2 aromatic carbocycles. The molecule has 0 saturated heterocycles. The van der Waals surface area contributed by atoms with Gasteiger partial charge in [-0.25, -0.2) is 9.59 Å². The maximum Gasteiger partial charge on any atom is 0.339 e. The normalized spacial score (nSPS) is 13.7. The van der Waals surface area contributed by atoms with Crippen molar-refractivity contribution < 1.29 is 23.8 Å². The summed E-state index contributed by atoms with van der Waals surface area (Å²) < 4.78 is 16.1. The summed E-state index contributed by atoms with van der Waals surface area (Å²) in [7, 11) is 0. The van der Waals surface area contributed by atoms with Gasteiger partial charge in [0.25, 0.3) is 5.91 Å². The number of halogens is 1. The van der Waals surface area contributed by atoms with Crippen LogP contribution in [0.2, 0.25) is 5.02 Å². The molecule has 0 saturated carbocycles. The number of rotatable bonds is 4. The topological polar surface area (TPSA) is 123 Å². The number of ether oxygens (including phenoxy) is 3. The molecular weight excluding hydrogens is 402 g/mol. The average molecular weight is 418 g/mol. The molecular formula is C19H16ClN3O6. The quantitative estimate of drug-likeness (QED) is 0.560. The van der Waals surface area contributed by atoms with E-state index in [1.54, 1.807) is 18.2 Å². The number of carbonyl (C=O) groups excluding carboxylic acids is 2. The molecule has 0 spiro atoms. The lowest BCUT2D eigenvalue weighted by atomic mass is 10.2. The Kier molecular flexibility index (Phi) is 4.89. The molecule has 0 fully saturated rings. The number of nitrogens with one attached hydrogen (secondary N) is 3. The van der Waals surface area contributed by atoms with E-state index in [4.69, 9.17) is 25.8 Å². The van der Waals surface area contributed by atoms with E-state index in [0.717, 1.165) is 0 Å². The van der Waals surface area contributed by atoms with Crippen LogP contribution in [0.4, 0.5) is 5.69 Å². The van der Waals surface area contributed by atoms with Crippen molar-refractivity contribution in [3.63, 3.8) is 0 Å². The number of hydrogen-bond donors (Lipinski definition) is 3. The predicted molar refractivity (Wildman–Crippen MR) is 105 cm³/mol. The van der Waals surface area contributed by atoms with E-state index in [1.807, 2.05) is 0 Å². The van der Waals surface area contributed by atoms with Crippen LogP contribution >= 0.6 is 11.6 Å². The van der Waals surface area contributed by atoms with Gasteiger partial charge in [0.1, 0.15) is 13.2 Å². The van der Waals surface area contributed by atoms with E-state index >= 15 is 0 Å². The molecule has 1 aliphatic heterocycles. The molecule has 3 aromatic rings.